The van der Waals surface area contributed by atoms with Gasteiger partial charge in [0.25, 0.3) is 5.54 Å². The fraction of sp³-hybridized carbons (Fsp3) is 0.250. The molecule has 1 amide bonds. The first-order valence-corrected chi connectivity index (χ1v) is 10.4. The Labute approximate surface area is 195 Å². The molecule has 2 aromatic rings. The van der Waals surface area contributed by atoms with Crippen LogP contribution in [0.3, 0.4) is 0 Å². The smallest absolute Gasteiger partial charge is 0.426 e. The number of carbonyl (C=O) groups excluding carboxylic acids is 3. The van der Waals surface area contributed by atoms with Gasteiger partial charge in [0.1, 0.15) is 12.2 Å². The average Bonchev–Trinajstić information content (AvgIpc) is 3.36. The van der Waals surface area contributed by atoms with E-state index < -0.39 is 29.8 Å². The van der Waals surface area contributed by atoms with Gasteiger partial charge in [-0.05, 0) is 24.6 Å². The maximum atomic E-state index is 13.1. The molecule has 0 spiro atoms. The minimum Gasteiger partial charge on any atom is -0.467 e. The summed E-state index contributed by atoms with van der Waals surface area (Å²) < 4.78 is 21.3. The van der Waals surface area contributed by atoms with Crippen LogP contribution in [0.5, 0.6) is 0 Å². The molecule has 34 heavy (non-hydrogen) atoms. The summed E-state index contributed by atoms with van der Waals surface area (Å²) in [4.78, 5) is 43.0. The van der Waals surface area contributed by atoms with E-state index in [2.05, 4.69) is 10.4 Å². The third kappa shape index (κ3) is 3.83. The van der Waals surface area contributed by atoms with E-state index in [0.29, 0.717) is 5.56 Å². The minimum atomic E-state index is -1.91. The molecule has 0 saturated heterocycles. The zero-order valence-electron chi connectivity index (χ0n) is 18.8. The summed E-state index contributed by atoms with van der Waals surface area (Å²) in [5.74, 6) is -1.55. The van der Waals surface area contributed by atoms with Crippen LogP contribution in [-0.2, 0) is 35.1 Å². The number of esters is 2. The number of hydrogen-bond acceptors (Lipinski definition) is 9. The van der Waals surface area contributed by atoms with Crippen LogP contribution in [0.4, 0.5) is 4.79 Å². The highest BCUT2D eigenvalue weighted by Gasteiger charge is 2.67. The van der Waals surface area contributed by atoms with Gasteiger partial charge in [0.15, 0.2) is 0 Å². The van der Waals surface area contributed by atoms with Crippen molar-refractivity contribution >= 4 is 23.9 Å². The molecule has 0 fully saturated rings. The summed E-state index contributed by atoms with van der Waals surface area (Å²) in [5.41, 5.74) is 2.10. The lowest BCUT2D eigenvalue weighted by Gasteiger charge is -2.30. The van der Waals surface area contributed by atoms with Crippen LogP contribution in [0, 0.1) is 0 Å². The Kier molecular flexibility index (Phi) is 6.22. The summed E-state index contributed by atoms with van der Waals surface area (Å²) in [6.45, 7) is 1.56. The molecule has 0 aliphatic carbocycles. The molecule has 0 aromatic heterocycles. The highest BCUT2D eigenvalue weighted by atomic mass is 16.6. The number of ether oxygens (including phenoxy) is 4. The Morgan fingerprint density at radius 1 is 1.03 bits per heavy atom. The van der Waals surface area contributed by atoms with E-state index >= 15 is 0 Å². The molecule has 0 radical (unpaired) electrons. The van der Waals surface area contributed by atoms with Crippen LogP contribution in [0.15, 0.2) is 76.9 Å². The summed E-state index contributed by atoms with van der Waals surface area (Å²) in [6, 6.07) is 18.0. The standard InChI is InChI=1S/C24H23N3O7/c1-15-18(20(28)31-2)24(22(29)32-3)21(34-19(25-24)17-12-8-5-9-13-17)27(15)26-23(30)33-14-16-10-6-4-7-11-16/h4-13,21H,14H2,1-3H3,(H,26,30). The van der Waals surface area contributed by atoms with Crippen molar-refractivity contribution in [1.29, 1.82) is 0 Å². The summed E-state index contributed by atoms with van der Waals surface area (Å²) >= 11 is 0. The highest BCUT2D eigenvalue weighted by molar-refractivity contribution is 6.08. The number of aliphatic imine (C=N–C) groups is 1. The van der Waals surface area contributed by atoms with Crippen LogP contribution in [0.1, 0.15) is 18.1 Å². The molecule has 10 heteroatoms. The van der Waals surface area contributed by atoms with Crippen LogP contribution in [-0.4, -0.2) is 54.9 Å². The van der Waals surface area contributed by atoms with Gasteiger partial charge in [-0.25, -0.2) is 29.8 Å². The van der Waals surface area contributed by atoms with Crippen LogP contribution in [0.25, 0.3) is 0 Å². The van der Waals surface area contributed by atoms with Crippen molar-refractivity contribution < 1.29 is 33.3 Å². The topological polar surface area (TPSA) is 116 Å². The maximum absolute atomic E-state index is 13.1. The second kappa shape index (κ2) is 9.26. The fourth-order valence-corrected chi connectivity index (χ4v) is 3.94. The molecular weight excluding hydrogens is 442 g/mol. The molecule has 2 aromatic carbocycles. The van der Waals surface area contributed by atoms with Crippen LogP contribution in [0.2, 0.25) is 0 Å². The van der Waals surface area contributed by atoms with E-state index in [0.717, 1.165) is 5.56 Å². The molecule has 2 aliphatic heterocycles. The second-order valence-corrected chi connectivity index (χ2v) is 7.51. The van der Waals surface area contributed by atoms with Crippen LogP contribution < -0.4 is 5.43 Å². The predicted molar refractivity (Wildman–Crippen MR) is 119 cm³/mol. The van der Waals surface area contributed by atoms with E-state index in [1.807, 2.05) is 36.4 Å². The molecule has 1 N–H and O–H groups in total. The van der Waals surface area contributed by atoms with Crippen LogP contribution >= 0.6 is 0 Å². The number of amides is 1. The lowest BCUT2D eigenvalue weighted by atomic mass is 9.90. The normalized spacial score (nSPS) is 20.7. The lowest BCUT2D eigenvalue weighted by molar-refractivity contribution is -0.153. The number of rotatable bonds is 6. The van der Waals surface area contributed by atoms with Gasteiger partial charge in [0.2, 0.25) is 12.1 Å². The first-order chi connectivity index (χ1) is 16.4. The van der Waals surface area contributed by atoms with Gasteiger partial charge in [-0.1, -0.05) is 48.5 Å². The monoisotopic (exact) mass is 465 g/mol. The van der Waals surface area contributed by atoms with Gasteiger partial charge in [0.05, 0.1) is 14.2 Å². The molecule has 0 saturated carbocycles. The first-order valence-electron chi connectivity index (χ1n) is 10.4. The van der Waals surface area contributed by atoms with E-state index in [4.69, 9.17) is 18.9 Å². The highest BCUT2D eigenvalue weighted by Crippen LogP contribution is 2.45. The molecular formula is C24H23N3O7. The van der Waals surface area contributed by atoms with Gasteiger partial charge in [0, 0.05) is 11.3 Å². The van der Waals surface area contributed by atoms with E-state index in [9.17, 15) is 14.4 Å². The summed E-state index contributed by atoms with van der Waals surface area (Å²) in [6.07, 6.45) is -2.06. The van der Waals surface area contributed by atoms with Crippen molar-refractivity contribution in [3.8, 4) is 0 Å². The number of allylic oxidation sites excluding steroid dienone is 1. The molecule has 0 bridgehead atoms. The number of benzene rings is 2. The Balaban J connectivity index is 1.69. The van der Waals surface area contributed by atoms with Crippen molar-refractivity contribution in [1.82, 2.24) is 10.4 Å². The third-order valence-corrected chi connectivity index (χ3v) is 5.53. The number of carbonyl (C=O) groups is 3. The predicted octanol–water partition coefficient (Wildman–Crippen LogP) is 2.31. The quantitative estimate of drug-likeness (QED) is 0.510. The van der Waals surface area contributed by atoms with Gasteiger partial charge < -0.3 is 18.9 Å². The lowest BCUT2D eigenvalue weighted by Crippen LogP contribution is -2.55. The molecule has 2 unspecified atom stereocenters. The van der Waals surface area contributed by atoms with Crippen molar-refractivity contribution in [2.75, 3.05) is 14.2 Å². The Hall–Kier alpha value is -4.34. The number of nitrogens with zero attached hydrogens (tertiary/aromatic N) is 2. The van der Waals surface area contributed by atoms with Crippen molar-refractivity contribution in [3.05, 3.63) is 83.1 Å². The van der Waals surface area contributed by atoms with Gasteiger partial charge >= 0.3 is 18.0 Å². The number of hydrazine groups is 1. The first kappa shape index (κ1) is 22.8. The summed E-state index contributed by atoms with van der Waals surface area (Å²) in [7, 11) is 2.36. The third-order valence-electron chi connectivity index (χ3n) is 5.53. The second-order valence-electron chi connectivity index (χ2n) is 7.51. The molecule has 2 heterocycles. The Morgan fingerprint density at radius 2 is 1.68 bits per heavy atom. The number of fused-ring (bicyclic) bond motifs is 1. The maximum Gasteiger partial charge on any atom is 0.426 e. The van der Waals surface area contributed by atoms with Crippen molar-refractivity contribution in [2.45, 2.75) is 25.3 Å². The molecule has 4 rings (SSSR count). The molecule has 10 nitrogen and oxygen atoms in total. The number of methoxy groups -OCH3 is 2. The van der Waals surface area contributed by atoms with E-state index in [1.54, 1.807) is 24.3 Å². The SMILES string of the molecule is COC(=O)C1=C(C)N(NC(=O)OCc2ccccc2)C2OC(c3ccccc3)=NC12C(=O)OC. The Bertz CT molecular complexity index is 1160. The van der Waals surface area contributed by atoms with Crippen molar-refractivity contribution in [3.63, 3.8) is 0 Å². The molecule has 176 valence electrons. The zero-order valence-corrected chi connectivity index (χ0v) is 18.8. The van der Waals surface area contributed by atoms with Gasteiger partial charge in [-0.2, -0.15) is 0 Å². The minimum absolute atomic E-state index is 0.0204. The fourth-order valence-electron chi connectivity index (χ4n) is 3.94. The van der Waals surface area contributed by atoms with E-state index in [-0.39, 0.29) is 23.8 Å². The summed E-state index contributed by atoms with van der Waals surface area (Å²) in [5, 5.41) is 1.23. The number of hydrogen-bond donors (Lipinski definition) is 1. The molecule has 2 atom stereocenters. The molecule has 2 aliphatic rings. The van der Waals surface area contributed by atoms with E-state index in [1.165, 1.54) is 26.2 Å². The average molecular weight is 465 g/mol. The Morgan fingerprint density at radius 3 is 2.29 bits per heavy atom. The largest absolute Gasteiger partial charge is 0.467 e. The zero-order chi connectivity index (χ0) is 24.3. The van der Waals surface area contributed by atoms with Gasteiger partial charge in [-0.3, -0.25) is 0 Å². The number of nitrogens with one attached hydrogen (secondary N) is 1. The van der Waals surface area contributed by atoms with Gasteiger partial charge in [-0.15, -0.1) is 0 Å². The van der Waals surface area contributed by atoms with Crippen molar-refractivity contribution in [2.24, 2.45) is 4.99 Å².